The van der Waals surface area contributed by atoms with Crippen molar-refractivity contribution in [3.63, 3.8) is 0 Å². The summed E-state index contributed by atoms with van der Waals surface area (Å²) >= 11 is 0. The third kappa shape index (κ3) is 2.86. The standard InChI is InChI=1S/C16H10N8O2/c17-6-10(15-13(7-18)16(19)23-22-15)4-11-8-20-21-14(11)9-2-1-3-12(5-9)24(25)26/h1-5,8H,(H,20,21)(H3,19,22,23)/b10-4+. The predicted molar refractivity (Wildman–Crippen MR) is 91.9 cm³/mol. The maximum atomic E-state index is 11.0. The van der Waals surface area contributed by atoms with Crippen LogP contribution < -0.4 is 5.73 Å². The molecule has 1 aromatic carbocycles. The van der Waals surface area contributed by atoms with Crippen LogP contribution >= 0.6 is 0 Å². The summed E-state index contributed by atoms with van der Waals surface area (Å²) in [6, 6.07) is 9.89. The number of non-ortho nitro benzene ring substituents is 1. The molecule has 0 unspecified atom stereocenters. The lowest BCUT2D eigenvalue weighted by atomic mass is 10.0. The van der Waals surface area contributed by atoms with Gasteiger partial charge in [-0.2, -0.15) is 20.7 Å². The molecule has 2 aromatic heterocycles. The monoisotopic (exact) mass is 346 g/mol. The fraction of sp³-hybridized carbons (Fsp3) is 0. The van der Waals surface area contributed by atoms with Crippen LogP contribution in [0.3, 0.4) is 0 Å². The molecule has 0 radical (unpaired) electrons. The van der Waals surface area contributed by atoms with Crippen molar-refractivity contribution < 1.29 is 4.92 Å². The normalized spacial score (nSPS) is 10.9. The summed E-state index contributed by atoms with van der Waals surface area (Å²) in [4.78, 5) is 10.5. The smallest absolute Gasteiger partial charge is 0.270 e. The zero-order chi connectivity index (χ0) is 18.7. The molecule has 4 N–H and O–H groups in total. The van der Waals surface area contributed by atoms with Crippen molar-refractivity contribution in [2.24, 2.45) is 0 Å². The number of nitrogens with two attached hydrogens (primary N) is 1. The van der Waals surface area contributed by atoms with Gasteiger partial charge in [-0.1, -0.05) is 12.1 Å². The summed E-state index contributed by atoms with van der Waals surface area (Å²) < 4.78 is 0. The Balaban J connectivity index is 2.09. The Hall–Kier alpha value is -4.44. The summed E-state index contributed by atoms with van der Waals surface area (Å²) in [5.74, 6) is -0.00486. The first kappa shape index (κ1) is 16.4. The minimum absolute atomic E-state index is 0.00486. The van der Waals surface area contributed by atoms with Crippen molar-refractivity contribution >= 4 is 23.2 Å². The molecule has 3 rings (SSSR count). The van der Waals surface area contributed by atoms with Gasteiger partial charge in [-0.05, 0) is 6.08 Å². The number of aromatic amines is 2. The van der Waals surface area contributed by atoms with Gasteiger partial charge >= 0.3 is 0 Å². The van der Waals surface area contributed by atoms with E-state index >= 15 is 0 Å². The Morgan fingerprint density at radius 1 is 1.35 bits per heavy atom. The largest absolute Gasteiger partial charge is 0.381 e. The zero-order valence-electron chi connectivity index (χ0n) is 13.1. The summed E-state index contributed by atoms with van der Waals surface area (Å²) in [6.45, 7) is 0. The van der Waals surface area contributed by atoms with Crippen molar-refractivity contribution in [1.29, 1.82) is 10.5 Å². The van der Waals surface area contributed by atoms with Gasteiger partial charge in [0, 0.05) is 23.3 Å². The maximum Gasteiger partial charge on any atom is 0.270 e. The Bertz CT molecular complexity index is 1110. The number of nitro benzene ring substituents is 1. The molecule has 0 fully saturated rings. The van der Waals surface area contributed by atoms with Gasteiger partial charge in [0.05, 0.1) is 28.1 Å². The first-order valence-corrected chi connectivity index (χ1v) is 7.19. The van der Waals surface area contributed by atoms with E-state index in [-0.39, 0.29) is 28.3 Å². The minimum atomic E-state index is -0.497. The number of benzene rings is 1. The molecular weight excluding hydrogens is 336 g/mol. The average Bonchev–Trinajstić information content (AvgIpc) is 3.25. The summed E-state index contributed by atoms with van der Waals surface area (Å²) in [6.07, 6.45) is 2.96. The zero-order valence-corrected chi connectivity index (χ0v) is 13.1. The number of anilines is 1. The molecule has 2 heterocycles. The van der Waals surface area contributed by atoms with E-state index < -0.39 is 4.92 Å². The number of hydrogen-bond donors (Lipinski definition) is 3. The number of hydrogen-bond acceptors (Lipinski definition) is 7. The highest BCUT2D eigenvalue weighted by Gasteiger charge is 2.16. The van der Waals surface area contributed by atoms with Crippen LogP contribution in [-0.4, -0.2) is 25.3 Å². The number of nitrogens with one attached hydrogen (secondary N) is 2. The lowest BCUT2D eigenvalue weighted by Gasteiger charge is -2.01. The van der Waals surface area contributed by atoms with Crippen molar-refractivity contribution in [2.75, 3.05) is 5.73 Å². The Labute approximate surface area is 146 Å². The Morgan fingerprint density at radius 2 is 2.15 bits per heavy atom. The molecule has 0 aliphatic heterocycles. The molecule has 0 saturated heterocycles. The van der Waals surface area contributed by atoms with E-state index in [0.717, 1.165) is 0 Å². The van der Waals surface area contributed by atoms with E-state index in [0.29, 0.717) is 16.8 Å². The molecule has 26 heavy (non-hydrogen) atoms. The minimum Gasteiger partial charge on any atom is -0.381 e. The Morgan fingerprint density at radius 3 is 2.85 bits per heavy atom. The first-order chi connectivity index (χ1) is 12.5. The number of nitro groups is 1. The van der Waals surface area contributed by atoms with Gasteiger partial charge in [0.1, 0.15) is 17.7 Å². The third-order valence-corrected chi connectivity index (χ3v) is 3.61. The van der Waals surface area contributed by atoms with Gasteiger partial charge in [0.2, 0.25) is 0 Å². The molecule has 0 saturated carbocycles. The molecule has 3 aromatic rings. The second kappa shape index (κ2) is 6.59. The third-order valence-electron chi connectivity index (χ3n) is 3.61. The highest BCUT2D eigenvalue weighted by molar-refractivity contribution is 5.93. The van der Waals surface area contributed by atoms with Crippen LogP contribution in [0.4, 0.5) is 11.5 Å². The van der Waals surface area contributed by atoms with E-state index in [1.54, 1.807) is 12.1 Å². The number of nitrogen functional groups attached to an aromatic ring is 1. The number of aromatic nitrogens is 4. The van der Waals surface area contributed by atoms with Crippen LogP contribution in [0.5, 0.6) is 0 Å². The van der Waals surface area contributed by atoms with E-state index in [1.165, 1.54) is 24.4 Å². The van der Waals surface area contributed by atoms with Crippen molar-refractivity contribution in [2.45, 2.75) is 0 Å². The fourth-order valence-corrected chi connectivity index (χ4v) is 2.39. The van der Waals surface area contributed by atoms with Gasteiger partial charge in [0.25, 0.3) is 5.69 Å². The lowest BCUT2D eigenvalue weighted by molar-refractivity contribution is -0.384. The topological polar surface area (TPSA) is 174 Å². The second-order valence-corrected chi connectivity index (χ2v) is 5.15. The highest BCUT2D eigenvalue weighted by atomic mass is 16.6. The van der Waals surface area contributed by atoms with Crippen LogP contribution in [0.25, 0.3) is 22.9 Å². The van der Waals surface area contributed by atoms with Crippen molar-refractivity contribution in [3.05, 3.63) is 57.4 Å². The molecule has 0 bridgehead atoms. The molecule has 0 atom stereocenters. The highest BCUT2D eigenvalue weighted by Crippen LogP contribution is 2.28. The summed E-state index contributed by atoms with van der Waals surface area (Å²) in [7, 11) is 0. The molecule has 0 aliphatic carbocycles. The van der Waals surface area contributed by atoms with E-state index in [9.17, 15) is 15.4 Å². The molecule has 10 heteroatoms. The van der Waals surface area contributed by atoms with Crippen LogP contribution in [0, 0.1) is 32.8 Å². The van der Waals surface area contributed by atoms with Crippen molar-refractivity contribution in [1.82, 2.24) is 20.4 Å². The maximum absolute atomic E-state index is 11.0. The summed E-state index contributed by atoms with van der Waals surface area (Å²) in [5, 5.41) is 42.6. The van der Waals surface area contributed by atoms with Crippen LogP contribution in [0.15, 0.2) is 30.5 Å². The van der Waals surface area contributed by atoms with Gasteiger partial charge in [-0.3, -0.25) is 20.3 Å². The average molecular weight is 346 g/mol. The Kier molecular flexibility index (Phi) is 4.16. The van der Waals surface area contributed by atoms with Gasteiger partial charge < -0.3 is 5.73 Å². The first-order valence-electron chi connectivity index (χ1n) is 7.19. The van der Waals surface area contributed by atoms with Crippen LogP contribution in [0.2, 0.25) is 0 Å². The fourth-order valence-electron chi connectivity index (χ4n) is 2.39. The number of nitrogens with zero attached hydrogens (tertiary/aromatic N) is 5. The molecule has 126 valence electrons. The molecule has 0 aliphatic rings. The van der Waals surface area contributed by atoms with Gasteiger partial charge in [-0.25, -0.2) is 0 Å². The molecular formula is C16H10N8O2. The molecule has 0 spiro atoms. The second-order valence-electron chi connectivity index (χ2n) is 5.15. The quantitative estimate of drug-likeness (QED) is 0.368. The van der Waals surface area contributed by atoms with Crippen LogP contribution in [0.1, 0.15) is 16.8 Å². The number of H-pyrrole nitrogens is 2. The summed E-state index contributed by atoms with van der Waals surface area (Å²) in [5.41, 5.74) is 7.45. The number of allylic oxidation sites excluding steroid dienone is 1. The SMILES string of the molecule is N#C/C(=C\c1cn[nH]c1-c1cccc([N+](=O)[O-])c1)c1[nH]nc(N)c1C#N. The number of nitriles is 2. The number of rotatable bonds is 4. The lowest BCUT2D eigenvalue weighted by Crippen LogP contribution is -1.91. The van der Waals surface area contributed by atoms with E-state index in [1.807, 2.05) is 12.1 Å². The van der Waals surface area contributed by atoms with E-state index in [4.69, 9.17) is 11.0 Å². The van der Waals surface area contributed by atoms with Gasteiger partial charge in [-0.15, -0.1) is 0 Å². The predicted octanol–water partition coefficient (Wildman–Crippen LogP) is 2.23. The van der Waals surface area contributed by atoms with Crippen LogP contribution in [-0.2, 0) is 0 Å². The van der Waals surface area contributed by atoms with E-state index in [2.05, 4.69) is 20.4 Å². The molecule has 0 amide bonds. The van der Waals surface area contributed by atoms with Crippen molar-refractivity contribution in [3.8, 4) is 23.4 Å². The van der Waals surface area contributed by atoms with Gasteiger partial charge in [0.15, 0.2) is 5.82 Å². The molecule has 10 nitrogen and oxygen atoms in total.